The second-order valence-electron chi connectivity index (χ2n) is 5.31. The zero-order valence-corrected chi connectivity index (χ0v) is 11.0. The average Bonchev–Trinajstić information content (AvgIpc) is 2.20. The first-order chi connectivity index (χ1) is 7.11. The minimum Gasteiger partial charge on any atom is -0.304 e. The molecule has 2 heteroatoms. The molecule has 0 aliphatic carbocycles. The predicted octanol–water partition coefficient (Wildman–Crippen LogP) is 2.59. The van der Waals surface area contributed by atoms with E-state index in [9.17, 15) is 0 Å². The third-order valence-electron chi connectivity index (χ3n) is 3.78. The third kappa shape index (κ3) is 4.52. The largest absolute Gasteiger partial charge is 0.304 e. The van der Waals surface area contributed by atoms with E-state index in [-0.39, 0.29) is 0 Å². The maximum absolute atomic E-state index is 2.66. The lowest BCUT2D eigenvalue weighted by atomic mass is 10.0. The number of piperidine rings is 1. The van der Waals surface area contributed by atoms with E-state index in [1.807, 2.05) is 0 Å². The predicted molar refractivity (Wildman–Crippen MR) is 67.3 cm³/mol. The molecule has 1 rings (SSSR count). The van der Waals surface area contributed by atoms with Gasteiger partial charge in [0.25, 0.3) is 0 Å². The standard InChI is InChI=1S/C13H28N2/c1-12(2)14(4)9-7-11-15-10-6-5-8-13(15)3/h12-13H,5-11H2,1-4H3. The Morgan fingerprint density at radius 1 is 1.33 bits per heavy atom. The van der Waals surface area contributed by atoms with E-state index in [2.05, 4.69) is 37.6 Å². The normalized spacial score (nSPS) is 24.0. The van der Waals surface area contributed by atoms with Gasteiger partial charge in [-0.15, -0.1) is 0 Å². The Balaban J connectivity index is 2.13. The second-order valence-corrected chi connectivity index (χ2v) is 5.31. The average molecular weight is 212 g/mol. The summed E-state index contributed by atoms with van der Waals surface area (Å²) >= 11 is 0. The fourth-order valence-corrected chi connectivity index (χ4v) is 2.27. The Bertz CT molecular complexity index is 168. The van der Waals surface area contributed by atoms with Crippen molar-refractivity contribution in [3.8, 4) is 0 Å². The quantitative estimate of drug-likeness (QED) is 0.691. The van der Waals surface area contributed by atoms with Gasteiger partial charge in [-0.25, -0.2) is 0 Å². The molecule has 1 fully saturated rings. The highest BCUT2D eigenvalue weighted by Crippen LogP contribution is 2.16. The molecule has 0 amide bonds. The molecule has 90 valence electrons. The van der Waals surface area contributed by atoms with Gasteiger partial charge in [0.05, 0.1) is 0 Å². The second kappa shape index (κ2) is 6.49. The Kier molecular flexibility index (Phi) is 5.62. The van der Waals surface area contributed by atoms with Crippen molar-refractivity contribution in [1.29, 1.82) is 0 Å². The lowest BCUT2D eigenvalue weighted by Gasteiger charge is -2.34. The highest BCUT2D eigenvalue weighted by molar-refractivity contribution is 4.73. The van der Waals surface area contributed by atoms with Crippen LogP contribution in [0.3, 0.4) is 0 Å². The smallest absolute Gasteiger partial charge is 0.00669 e. The fourth-order valence-electron chi connectivity index (χ4n) is 2.27. The van der Waals surface area contributed by atoms with Crippen molar-refractivity contribution >= 4 is 0 Å². The Hall–Kier alpha value is -0.0800. The lowest BCUT2D eigenvalue weighted by Crippen LogP contribution is -2.39. The van der Waals surface area contributed by atoms with Gasteiger partial charge in [0.2, 0.25) is 0 Å². The number of hydrogen-bond donors (Lipinski definition) is 0. The van der Waals surface area contributed by atoms with Crippen LogP contribution in [0.15, 0.2) is 0 Å². The summed E-state index contributed by atoms with van der Waals surface area (Å²) < 4.78 is 0. The van der Waals surface area contributed by atoms with E-state index in [1.54, 1.807) is 0 Å². The molecule has 2 nitrogen and oxygen atoms in total. The molecule has 0 aromatic rings. The van der Waals surface area contributed by atoms with Crippen molar-refractivity contribution in [3.05, 3.63) is 0 Å². The summed E-state index contributed by atoms with van der Waals surface area (Å²) in [5.74, 6) is 0. The molecule has 15 heavy (non-hydrogen) atoms. The van der Waals surface area contributed by atoms with Crippen LogP contribution in [0.2, 0.25) is 0 Å². The van der Waals surface area contributed by atoms with Gasteiger partial charge in [-0.05, 0) is 66.7 Å². The molecule has 0 aromatic carbocycles. The van der Waals surface area contributed by atoms with E-state index in [0.29, 0.717) is 6.04 Å². The van der Waals surface area contributed by atoms with E-state index in [1.165, 1.54) is 45.3 Å². The summed E-state index contributed by atoms with van der Waals surface area (Å²) in [5.41, 5.74) is 0. The first kappa shape index (κ1) is 13.0. The van der Waals surface area contributed by atoms with Gasteiger partial charge in [-0.2, -0.15) is 0 Å². The van der Waals surface area contributed by atoms with Crippen molar-refractivity contribution in [2.24, 2.45) is 0 Å². The third-order valence-corrected chi connectivity index (χ3v) is 3.78. The van der Waals surface area contributed by atoms with Crippen molar-refractivity contribution in [2.75, 3.05) is 26.7 Å². The topological polar surface area (TPSA) is 6.48 Å². The lowest BCUT2D eigenvalue weighted by molar-refractivity contribution is 0.149. The molecule has 1 atom stereocenters. The summed E-state index contributed by atoms with van der Waals surface area (Å²) in [6.45, 7) is 10.8. The van der Waals surface area contributed by atoms with Gasteiger partial charge in [0, 0.05) is 12.1 Å². The maximum atomic E-state index is 2.66. The Morgan fingerprint density at radius 2 is 2.07 bits per heavy atom. The van der Waals surface area contributed by atoms with E-state index in [0.717, 1.165) is 6.04 Å². The molecule has 0 radical (unpaired) electrons. The minimum atomic E-state index is 0.684. The van der Waals surface area contributed by atoms with E-state index in [4.69, 9.17) is 0 Å². The molecule has 0 bridgehead atoms. The first-order valence-corrected chi connectivity index (χ1v) is 6.55. The van der Waals surface area contributed by atoms with Crippen LogP contribution in [0.5, 0.6) is 0 Å². The molecule has 0 spiro atoms. The van der Waals surface area contributed by atoms with Gasteiger partial charge < -0.3 is 9.80 Å². The van der Waals surface area contributed by atoms with E-state index >= 15 is 0 Å². The van der Waals surface area contributed by atoms with Gasteiger partial charge in [0.15, 0.2) is 0 Å². The molecular weight excluding hydrogens is 184 g/mol. The van der Waals surface area contributed by atoms with Gasteiger partial charge in [-0.1, -0.05) is 6.42 Å². The number of likely N-dealkylation sites (tertiary alicyclic amines) is 1. The Morgan fingerprint density at radius 3 is 2.67 bits per heavy atom. The van der Waals surface area contributed by atoms with Crippen LogP contribution in [0.1, 0.15) is 46.5 Å². The van der Waals surface area contributed by atoms with Crippen molar-refractivity contribution < 1.29 is 0 Å². The van der Waals surface area contributed by atoms with Crippen molar-refractivity contribution in [3.63, 3.8) is 0 Å². The molecular formula is C13H28N2. The van der Waals surface area contributed by atoms with Gasteiger partial charge in [0.1, 0.15) is 0 Å². The fraction of sp³-hybridized carbons (Fsp3) is 1.00. The van der Waals surface area contributed by atoms with Gasteiger partial charge >= 0.3 is 0 Å². The highest BCUT2D eigenvalue weighted by Gasteiger charge is 2.17. The summed E-state index contributed by atoms with van der Waals surface area (Å²) in [6, 6.07) is 1.51. The monoisotopic (exact) mass is 212 g/mol. The van der Waals surface area contributed by atoms with Crippen LogP contribution in [0.25, 0.3) is 0 Å². The highest BCUT2D eigenvalue weighted by atomic mass is 15.2. The van der Waals surface area contributed by atoms with Gasteiger partial charge in [-0.3, -0.25) is 0 Å². The van der Waals surface area contributed by atoms with Crippen LogP contribution in [-0.4, -0.2) is 48.6 Å². The van der Waals surface area contributed by atoms with Crippen LogP contribution in [0.4, 0.5) is 0 Å². The molecule has 1 unspecified atom stereocenters. The van der Waals surface area contributed by atoms with Crippen molar-refractivity contribution in [1.82, 2.24) is 9.80 Å². The zero-order chi connectivity index (χ0) is 11.3. The zero-order valence-electron chi connectivity index (χ0n) is 11.0. The van der Waals surface area contributed by atoms with Crippen molar-refractivity contribution in [2.45, 2.75) is 58.5 Å². The van der Waals surface area contributed by atoms with Crippen LogP contribution >= 0.6 is 0 Å². The molecule has 1 aliphatic rings. The summed E-state index contributed by atoms with van der Waals surface area (Å²) in [5, 5.41) is 0. The number of nitrogens with zero attached hydrogens (tertiary/aromatic N) is 2. The molecule has 1 aliphatic heterocycles. The van der Waals surface area contributed by atoms with E-state index < -0.39 is 0 Å². The van der Waals surface area contributed by atoms with Crippen LogP contribution < -0.4 is 0 Å². The van der Waals surface area contributed by atoms with Crippen LogP contribution in [0, 0.1) is 0 Å². The molecule has 1 heterocycles. The molecule has 0 aromatic heterocycles. The summed E-state index contributed by atoms with van der Waals surface area (Å²) in [6.07, 6.45) is 5.56. The number of hydrogen-bond acceptors (Lipinski definition) is 2. The first-order valence-electron chi connectivity index (χ1n) is 6.55. The minimum absolute atomic E-state index is 0.684. The summed E-state index contributed by atoms with van der Waals surface area (Å²) in [4.78, 5) is 5.10. The molecule has 1 saturated heterocycles. The SMILES string of the molecule is CC(C)N(C)CCCN1CCCCC1C. The maximum Gasteiger partial charge on any atom is 0.00669 e. The molecule has 0 N–H and O–H groups in total. The van der Waals surface area contributed by atoms with Crippen LogP contribution in [-0.2, 0) is 0 Å². The molecule has 0 saturated carbocycles. The number of rotatable bonds is 5. The Labute approximate surface area is 95.6 Å². The summed E-state index contributed by atoms with van der Waals surface area (Å²) in [7, 11) is 2.23.